The maximum absolute atomic E-state index is 2.61. The van der Waals surface area contributed by atoms with Gasteiger partial charge in [0.05, 0.1) is 0 Å². The smallest absolute Gasteiger partial charge is 0.0295 e. The molecule has 0 amide bonds. The first kappa shape index (κ1) is 22.0. The average Bonchev–Trinajstić information content (AvgIpc) is 2.51. The highest BCUT2D eigenvalue weighted by atomic mass is 14.5. The lowest BCUT2D eigenvalue weighted by Gasteiger charge is -2.47. The van der Waals surface area contributed by atoms with E-state index in [4.69, 9.17) is 0 Å². The number of unbranched alkanes of at least 4 members (excludes halogenated alkanes) is 3. The van der Waals surface area contributed by atoms with Gasteiger partial charge in [0, 0.05) is 0 Å². The molecular formula is C22H46. The predicted octanol–water partition coefficient (Wildman–Crippen LogP) is 8.11. The summed E-state index contributed by atoms with van der Waals surface area (Å²) in [6.45, 7) is 19.6. The van der Waals surface area contributed by atoms with Crippen LogP contribution in [0, 0.1) is 29.1 Å². The summed E-state index contributed by atoms with van der Waals surface area (Å²) in [6.07, 6.45) is 12.5. The molecule has 0 saturated carbocycles. The molecule has 0 aromatic carbocycles. The largest absolute Gasteiger partial charge is 0.0654 e. The Morgan fingerprint density at radius 1 is 0.818 bits per heavy atom. The minimum Gasteiger partial charge on any atom is -0.0654 e. The normalized spacial score (nSPS) is 19.0. The van der Waals surface area contributed by atoms with Gasteiger partial charge < -0.3 is 0 Å². The summed E-state index contributed by atoms with van der Waals surface area (Å²) in [5.74, 6) is 3.46. The monoisotopic (exact) mass is 310 g/mol. The van der Waals surface area contributed by atoms with Gasteiger partial charge in [0.25, 0.3) is 0 Å². The van der Waals surface area contributed by atoms with Gasteiger partial charge in [-0.25, -0.2) is 0 Å². The first-order chi connectivity index (χ1) is 10.4. The van der Waals surface area contributed by atoms with Crippen molar-refractivity contribution >= 4 is 0 Å². The molecule has 4 atom stereocenters. The van der Waals surface area contributed by atoms with E-state index in [1.54, 1.807) is 0 Å². The predicted molar refractivity (Wildman–Crippen MR) is 103 cm³/mol. The van der Waals surface area contributed by atoms with Gasteiger partial charge in [0.1, 0.15) is 0 Å². The molecule has 22 heavy (non-hydrogen) atoms. The number of rotatable bonds is 13. The van der Waals surface area contributed by atoms with Gasteiger partial charge in [-0.3, -0.25) is 0 Å². The molecule has 0 aliphatic rings. The molecule has 0 aromatic rings. The van der Waals surface area contributed by atoms with Crippen LogP contribution in [0.4, 0.5) is 0 Å². The molecule has 0 spiro atoms. The fourth-order valence-corrected chi connectivity index (χ4v) is 4.50. The van der Waals surface area contributed by atoms with Crippen molar-refractivity contribution in [2.75, 3.05) is 0 Å². The van der Waals surface area contributed by atoms with Crippen LogP contribution in [0.3, 0.4) is 0 Å². The van der Waals surface area contributed by atoms with Crippen molar-refractivity contribution in [3.8, 4) is 0 Å². The van der Waals surface area contributed by atoms with Crippen LogP contribution < -0.4 is 0 Å². The lowest BCUT2D eigenvalue weighted by Crippen LogP contribution is -2.39. The van der Waals surface area contributed by atoms with E-state index in [0.29, 0.717) is 5.41 Å². The van der Waals surface area contributed by atoms with Gasteiger partial charge in [-0.15, -0.1) is 0 Å². The van der Waals surface area contributed by atoms with Crippen LogP contribution >= 0.6 is 0 Å². The fourth-order valence-electron chi connectivity index (χ4n) is 4.50. The second-order valence-electron chi connectivity index (χ2n) is 8.40. The molecule has 0 bridgehead atoms. The quantitative estimate of drug-likeness (QED) is 0.301. The SMILES string of the molecule is CCCCCC(CC)C(C(C)C(C)C)C(C)(CC)CCCC. The van der Waals surface area contributed by atoms with Crippen molar-refractivity contribution in [1.29, 1.82) is 0 Å². The van der Waals surface area contributed by atoms with Gasteiger partial charge in [-0.05, 0) is 35.5 Å². The summed E-state index contributed by atoms with van der Waals surface area (Å²) >= 11 is 0. The molecule has 0 radical (unpaired) electrons. The summed E-state index contributed by atoms with van der Waals surface area (Å²) in [7, 11) is 0. The molecule has 0 heterocycles. The van der Waals surface area contributed by atoms with Crippen molar-refractivity contribution in [1.82, 2.24) is 0 Å². The standard InChI is InChI=1S/C22H46/c1-9-13-15-16-20(11-3)21(19(7)18(5)6)22(8,12-4)17-14-10-2/h18-21H,9-17H2,1-8H3. The topological polar surface area (TPSA) is 0 Å². The van der Waals surface area contributed by atoms with Gasteiger partial charge in [0.15, 0.2) is 0 Å². The third-order valence-corrected chi connectivity index (χ3v) is 6.54. The Balaban J connectivity index is 5.28. The van der Waals surface area contributed by atoms with E-state index in [0.717, 1.165) is 23.7 Å². The van der Waals surface area contributed by atoms with Crippen molar-refractivity contribution < 1.29 is 0 Å². The Hall–Kier alpha value is 0. The van der Waals surface area contributed by atoms with E-state index >= 15 is 0 Å². The molecule has 0 fully saturated rings. The summed E-state index contributed by atoms with van der Waals surface area (Å²) in [6, 6.07) is 0. The summed E-state index contributed by atoms with van der Waals surface area (Å²) in [5.41, 5.74) is 0.534. The molecule has 0 aliphatic carbocycles. The molecule has 0 nitrogen and oxygen atoms in total. The summed E-state index contributed by atoms with van der Waals surface area (Å²) in [4.78, 5) is 0. The molecular weight excluding hydrogens is 264 g/mol. The molecule has 0 saturated heterocycles. The Labute approximate surface area is 142 Å². The van der Waals surface area contributed by atoms with Crippen LogP contribution in [0.5, 0.6) is 0 Å². The zero-order chi connectivity index (χ0) is 17.2. The summed E-state index contributed by atoms with van der Waals surface area (Å²) in [5, 5.41) is 0. The first-order valence-electron chi connectivity index (χ1n) is 10.4. The fraction of sp³-hybridized carbons (Fsp3) is 1.00. The summed E-state index contributed by atoms with van der Waals surface area (Å²) < 4.78 is 0. The minimum atomic E-state index is 0.534. The van der Waals surface area contributed by atoms with Crippen LogP contribution in [-0.4, -0.2) is 0 Å². The number of hydrogen-bond acceptors (Lipinski definition) is 0. The van der Waals surface area contributed by atoms with Gasteiger partial charge in [0.2, 0.25) is 0 Å². The third-order valence-electron chi connectivity index (χ3n) is 6.54. The van der Waals surface area contributed by atoms with Crippen molar-refractivity contribution in [3.63, 3.8) is 0 Å². The van der Waals surface area contributed by atoms with Gasteiger partial charge in [-0.2, -0.15) is 0 Å². The highest BCUT2D eigenvalue weighted by Crippen LogP contribution is 2.48. The van der Waals surface area contributed by atoms with E-state index in [1.807, 2.05) is 0 Å². The minimum absolute atomic E-state index is 0.534. The maximum Gasteiger partial charge on any atom is -0.0295 e. The van der Waals surface area contributed by atoms with E-state index in [1.165, 1.54) is 57.8 Å². The lowest BCUT2D eigenvalue weighted by molar-refractivity contribution is 0.0253. The van der Waals surface area contributed by atoms with Crippen LogP contribution in [0.1, 0.15) is 113 Å². The van der Waals surface area contributed by atoms with Crippen molar-refractivity contribution in [2.24, 2.45) is 29.1 Å². The number of hydrogen-bond donors (Lipinski definition) is 0. The molecule has 0 aromatic heterocycles. The van der Waals surface area contributed by atoms with Crippen LogP contribution in [0.15, 0.2) is 0 Å². The van der Waals surface area contributed by atoms with E-state index in [-0.39, 0.29) is 0 Å². The third kappa shape index (κ3) is 6.63. The van der Waals surface area contributed by atoms with Crippen molar-refractivity contribution in [2.45, 2.75) is 113 Å². The zero-order valence-electron chi connectivity index (χ0n) is 17.2. The average molecular weight is 311 g/mol. The second kappa shape index (κ2) is 11.5. The van der Waals surface area contributed by atoms with Crippen LogP contribution in [0.25, 0.3) is 0 Å². The highest BCUT2D eigenvalue weighted by Gasteiger charge is 2.40. The van der Waals surface area contributed by atoms with Crippen LogP contribution in [0.2, 0.25) is 0 Å². The maximum atomic E-state index is 2.61. The van der Waals surface area contributed by atoms with Crippen LogP contribution in [-0.2, 0) is 0 Å². The Morgan fingerprint density at radius 2 is 1.41 bits per heavy atom. The van der Waals surface area contributed by atoms with Gasteiger partial charge in [-0.1, -0.05) is 107 Å². The zero-order valence-corrected chi connectivity index (χ0v) is 17.2. The second-order valence-corrected chi connectivity index (χ2v) is 8.40. The van der Waals surface area contributed by atoms with Gasteiger partial charge >= 0.3 is 0 Å². The van der Waals surface area contributed by atoms with E-state index < -0.39 is 0 Å². The molecule has 0 N–H and O–H groups in total. The molecule has 0 aliphatic heterocycles. The Morgan fingerprint density at radius 3 is 1.82 bits per heavy atom. The van der Waals surface area contributed by atoms with E-state index in [2.05, 4.69) is 55.4 Å². The Bertz CT molecular complexity index is 255. The van der Waals surface area contributed by atoms with Crippen molar-refractivity contribution in [3.05, 3.63) is 0 Å². The lowest BCUT2D eigenvalue weighted by atomic mass is 9.58. The molecule has 4 unspecified atom stereocenters. The molecule has 0 heteroatoms. The first-order valence-corrected chi connectivity index (χ1v) is 10.4. The Kier molecular flexibility index (Phi) is 11.5. The van der Waals surface area contributed by atoms with E-state index in [9.17, 15) is 0 Å². The molecule has 0 rings (SSSR count). The molecule has 134 valence electrons. The highest BCUT2D eigenvalue weighted by molar-refractivity contribution is 4.89.